The Kier molecular flexibility index (Phi) is 3.44. The molecule has 1 aliphatic rings. The Bertz CT molecular complexity index is 1020. The van der Waals surface area contributed by atoms with Gasteiger partial charge in [-0.25, -0.2) is 0 Å². The van der Waals surface area contributed by atoms with Crippen LogP contribution in [0, 0.1) is 10.1 Å². The van der Waals surface area contributed by atoms with E-state index in [2.05, 4.69) is 44.2 Å². The summed E-state index contributed by atoms with van der Waals surface area (Å²) in [5.74, 6) is 0. The predicted molar refractivity (Wildman–Crippen MR) is 101 cm³/mol. The lowest BCUT2D eigenvalue weighted by atomic mass is 9.82. The normalized spacial score (nSPS) is 14.0. The van der Waals surface area contributed by atoms with Gasteiger partial charge in [0.05, 0.1) is 10.5 Å². The van der Waals surface area contributed by atoms with Gasteiger partial charge in [0.25, 0.3) is 5.69 Å². The quantitative estimate of drug-likeness (QED) is 0.407. The van der Waals surface area contributed by atoms with E-state index in [-0.39, 0.29) is 16.0 Å². The molecule has 0 amide bonds. The summed E-state index contributed by atoms with van der Waals surface area (Å²) in [6.07, 6.45) is 0. The SMILES string of the molecule is CC1(C)c2ccccc2-c2cc(-c3ccc(Cl)cc3[N+](=O)[O-])ccc21. The van der Waals surface area contributed by atoms with Crippen LogP contribution >= 0.6 is 11.6 Å². The van der Waals surface area contributed by atoms with Gasteiger partial charge in [0.2, 0.25) is 0 Å². The van der Waals surface area contributed by atoms with E-state index in [0.717, 1.165) is 11.1 Å². The molecule has 0 N–H and O–H groups in total. The van der Waals surface area contributed by atoms with E-state index in [1.54, 1.807) is 12.1 Å². The highest BCUT2D eigenvalue weighted by molar-refractivity contribution is 6.31. The average molecular weight is 350 g/mol. The van der Waals surface area contributed by atoms with Crippen molar-refractivity contribution in [1.29, 1.82) is 0 Å². The van der Waals surface area contributed by atoms with Crippen LogP contribution < -0.4 is 0 Å². The summed E-state index contributed by atoms with van der Waals surface area (Å²) in [5.41, 5.74) is 6.23. The Hall–Kier alpha value is -2.65. The molecule has 25 heavy (non-hydrogen) atoms. The number of benzene rings is 3. The van der Waals surface area contributed by atoms with Crippen molar-refractivity contribution in [3.05, 3.63) is 86.9 Å². The molecule has 0 atom stereocenters. The average Bonchev–Trinajstić information content (AvgIpc) is 2.83. The Balaban J connectivity index is 1.95. The maximum absolute atomic E-state index is 11.4. The number of nitro benzene ring substituents is 1. The molecule has 3 aromatic rings. The topological polar surface area (TPSA) is 43.1 Å². The zero-order chi connectivity index (χ0) is 17.8. The molecular weight excluding hydrogens is 334 g/mol. The van der Waals surface area contributed by atoms with Gasteiger partial charge in [0.15, 0.2) is 0 Å². The second-order valence-corrected chi connectivity index (χ2v) is 7.29. The molecule has 0 heterocycles. The largest absolute Gasteiger partial charge is 0.278 e. The Morgan fingerprint density at radius 2 is 1.60 bits per heavy atom. The van der Waals surface area contributed by atoms with Crippen LogP contribution in [0.2, 0.25) is 5.02 Å². The summed E-state index contributed by atoms with van der Waals surface area (Å²) in [6, 6.07) is 19.3. The van der Waals surface area contributed by atoms with Crippen molar-refractivity contribution >= 4 is 17.3 Å². The van der Waals surface area contributed by atoms with Crippen molar-refractivity contribution in [3.8, 4) is 22.3 Å². The third kappa shape index (κ3) is 2.35. The van der Waals surface area contributed by atoms with Crippen molar-refractivity contribution in [3.63, 3.8) is 0 Å². The summed E-state index contributed by atoms with van der Waals surface area (Å²) in [6.45, 7) is 4.42. The summed E-state index contributed by atoms with van der Waals surface area (Å²) in [7, 11) is 0. The lowest BCUT2D eigenvalue weighted by molar-refractivity contribution is -0.384. The van der Waals surface area contributed by atoms with Crippen LogP contribution in [0.3, 0.4) is 0 Å². The zero-order valence-corrected chi connectivity index (χ0v) is 14.7. The van der Waals surface area contributed by atoms with E-state index in [0.29, 0.717) is 10.6 Å². The maximum atomic E-state index is 11.4. The van der Waals surface area contributed by atoms with Crippen LogP contribution in [0.25, 0.3) is 22.3 Å². The number of fused-ring (bicyclic) bond motifs is 3. The first kappa shape index (κ1) is 15.9. The Labute approximate surface area is 151 Å². The highest BCUT2D eigenvalue weighted by atomic mass is 35.5. The van der Waals surface area contributed by atoms with Crippen LogP contribution in [0.5, 0.6) is 0 Å². The van der Waals surface area contributed by atoms with E-state index >= 15 is 0 Å². The van der Waals surface area contributed by atoms with Crippen molar-refractivity contribution in [1.82, 2.24) is 0 Å². The van der Waals surface area contributed by atoms with Gasteiger partial charge >= 0.3 is 0 Å². The monoisotopic (exact) mass is 349 g/mol. The molecule has 0 bridgehead atoms. The smallest absolute Gasteiger partial charge is 0.258 e. The van der Waals surface area contributed by atoms with E-state index in [9.17, 15) is 10.1 Å². The van der Waals surface area contributed by atoms with Gasteiger partial charge in [0.1, 0.15) is 0 Å². The molecule has 0 radical (unpaired) electrons. The van der Waals surface area contributed by atoms with Gasteiger partial charge in [-0.2, -0.15) is 0 Å². The van der Waals surface area contributed by atoms with Gasteiger partial charge in [-0.3, -0.25) is 10.1 Å². The summed E-state index contributed by atoms with van der Waals surface area (Å²) in [5, 5.41) is 11.8. The third-order valence-corrected chi connectivity index (χ3v) is 5.29. The molecule has 0 unspecified atom stereocenters. The second-order valence-electron chi connectivity index (χ2n) is 6.85. The van der Waals surface area contributed by atoms with Crippen molar-refractivity contribution in [2.75, 3.05) is 0 Å². The molecule has 4 heteroatoms. The first-order valence-electron chi connectivity index (χ1n) is 8.08. The molecule has 3 aromatic carbocycles. The molecule has 0 fully saturated rings. The molecule has 0 saturated carbocycles. The Morgan fingerprint density at radius 3 is 2.36 bits per heavy atom. The van der Waals surface area contributed by atoms with E-state index in [1.807, 2.05) is 12.1 Å². The van der Waals surface area contributed by atoms with Crippen LogP contribution in [0.4, 0.5) is 5.69 Å². The first-order chi connectivity index (χ1) is 11.9. The molecule has 3 nitrogen and oxygen atoms in total. The lowest BCUT2D eigenvalue weighted by Crippen LogP contribution is -2.14. The minimum atomic E-state index is -0.383. The van der Waals surface area contributed by atoms with E-state index in [1.165, 1.54) is 22.8 Å². The molecule has 0 spiro atoms. The highest BCUT2D eigenvalue weighted by Crippen LogP contribution is 2.49. The van der Waals surface area contributed by atoms with Crippen LogP contribution in [0.15, 0.2) is 60.7 Å². The summed E-state index contributed by atoms with van der Waals surface area (Å²) >= 11 is 5.94. The highest BCUT2D eigenvalue weighted by Gasteiger charge is 2.35. The zero-order valence-electron chi connectivity index (χ0n) is 13.9. The molecule has 1 aliphatic carbocycles. The van der Waals surface area contributed by atoms with E-state index < -0.39 is 0 Å². The molecule has 0 aromatic heterocycles. The predicted octanol–water partition coefficient (Wildman–Crippen LogP) is 6.22. The summed E-state index contributed by atoms with van der Waals surface area (Å²) < 4.78 is 0. The Morgan fingerprint density at radius 1 is 0.880 bits per heavy atom. The fraction of sp³-hybridized carbons (Fsp3) is 0.143. The number of hydrogen-bond acceptors (Lipinski definition) is 2. The van der Waals surface area contributed by atoms with Crippen LogP contribution in [-0.4, -0.2) is 4.92 Å². The first-order valence-corrected chi connectivity index (χ1v) is 8.46. The van der Waals surface area contributed by atoms with Gasteiger partial charge < -0.3 is 0 Å². The molecule has 0 saturated heterocycles. The van der Waals surface area contributed by atoms with Gasteiger partial charge in [-0.1, -0.05) is 61.8 Å². The molecular formula is C21H16ClNO2. The maximum Gasteiger partial charge on any atom is 0.278 e. The lowest BCUT2D eigenvalue weighted by Gasteiger charge is -2.21. The minimum Gasteiger partial charge on any atom is -0.258 e. The molecule has 0 aliphatic heterocycles. The summed E-state index contributed by atoms with van der Waals surface area (Å²) in [4.78, 5) is 11.0. The number of nitro groups is 1. The molecule has 4 rings (SSSR count). The standard InChI is InChI=1S/C21H16ClNO2/c1-21(2)18-6-4-3-5-16(18)17-11-13(7-10-19(17)21)15-9-8-14(22)12-20(15)23(24)25/h3-12H,1-2H3. The van der Waals surface area contributed by atoms with Crippen LogP contribution in [0.1, 0.15) is 25.0 Å². The number of halogens is 1. The fourth-order valence-electron chi connectivity index (χ4n) is 3.79. The van der Waals surface area contributed by atoms with E-state index in [4.69, 9.17) is 11.6 Å². The number of hydrogen-bond donors (Lipinski definition) is 0. The third-order valence-electron chi connectivity index (χ3n) is 5.05. The minimum absolute atomic E-state index is 0.0259. The van der Waals surface area contributed by atoms with Crippen molar-refractivity contribution in [2.24, 2.45) is 0 Å². The second kappa shape index (κ2) is 5.43. The van der Waals surface area contributed by atoms with Gasteiger partial charge in [-0.15, -0.1) is 0 Å². The van der Waals surface area contributed by atoms with Gasteiger partial charge in [0, 0.05) is 16.5 Å². The van der Waals surface area contributed by atoms with Gasteiger partial charge in [-0.05, 0) is 46.0 Å². The number of nitrogens with zero attached hydrogens (tertiary/aromatic N) is 1. The number of rotatable bonds is 2. The fourth-order valence-corrected chi connectivity index (χ4v) is 3.95. The van der Waals surface area contributed by atoms with Crippen molar-refractivity contribution < 1.29 is 4.92 Å². The molecule has 124 valence electrons. The van der Waals surface area contributed by atoms with Crippen molar-refractivity contribution in [2.45, 2.75) is 19.3 Å². The van der Waals surface area contributed by atoms with Crippen LogP contribution in [-0.2, 0) is 5.41 Å².